The van der Waals surface area contributed by atoms with Gasteiger partial charge in [0.05, 0.1) is 17.0 Å². The summed E-state index contributed by atoms with van der Waals surface area (Å²) < 4.78 is 37.8. The molecule has 0 amide bonds. The van der Waals surface area contributed by atoms with Crippen LogP contribution in [0.15, 0.2) is 36.4 Å². The second-order valence-corrected chi connectivity index (χ2v) is 4.15. The van der Waals surface area contributed by atoms with Crippen LogP contribution in [0.3, 0.4) is 0 Å². The van der Waals surface area contributed by atoms with Crippen LogP contribution in [0.2, 0.25) is 0 Å². The average molecular weight is 237 g/mol. The molecule has 0 saturated heterocycles. The van der Waals surface area contributed by atoms with Crippen LogP contribution in [0, 0.1) is 11.3 Å². The zero-order chi connectivity index (χ0) is 12.5. The van der Waals surface area contributed by atoms with Gasteiger partial charge in [0, 0.05) is 0 Å². The highest BCUT2D eigenvalue weighted by Crippen LogP contribution is 2.39. The minimum absolute atomic E-state index is 0.444. The van der Waals surface area contributed by atoms with Crippen LogP contribution in [0.4, 0.5) is 13.2 Å². The van der Waals surface area contributed by atoms with Gasteiger partial charge in [0.2, 0.25) is 0 Å². The third-order valence-electron chi connectivity index (χ3n) is 3.06. The van der Waals surface area contributed by atoms with E-state index in [1.54, 1.807) is 6.07 Å². The summed E-state index contributed by atoms with van der Waals surface area (Å²) in [6.45, 7) is 0. The van der Waals surface area contributed by atoms with Crippen molar-refractivity contribution in [2.75, 3.05) is 0 Å². The Hall–Kier alpha value is -1.76. The number of rotatable bonds is 1. The summed E-state index contributed by atoms with van der Waals surface area (Å²) in [5.41, 5.74) is -1.07. The lowest BCUT2D eigenvalue weighted by atomic mass is 9.79. The fourth-order valence-corrected chi connectivity index (χ4v) is 2.04. The monoisotopic (exact) mass is 237 g/mol. The van der Waals surface area contributed by atoms with E-state index >= 15 is 0 Å². The predicted molar refractivity (Wildman–Crippen MR) is 57.1 cm³/mol. The lowest BCUT2D eigenvalue weighted by Crippen LogP contribution is -2.20. The fraction of sp³-hybridized carbons (Fsp3) is 0.308. The largest absolute Gasteiger partial charge is 0.416 e. The molecule has 1 aromatic carbocycles. The molecule has 0 radical (unpaired) electrons. The number of hydrogen-bond acceptors (Lipinski definition) is 1. The third kappa shape index (κ3) is 2.05. The zero-order valence-corrected chi connectivity index (χ0v) is 8.96. The van der Waals surface area contributed by atoms with Crippen molar-refractivity contribution in [3.8, 4) is 6.07 Å². The lowest BCUT2D eigenvalue weighted by molar-refractivity contribution is -0.137. The first-order chi connectivity index (χ1) is 7.98. The Kier molecular flexibility index (Phi) is 2.70. The Morgan fingerprint density at radius 1 is 1.18 bits per heavy atom. The van der Waals surface area contributed by atoms with Crippen LogP contribution in [-0.2, 0) is 11.6 Å². The van der Waals surface area contributed by atoms with Crippen LogP contribution < -0.4 is 0 Å². The van der Waals surface area contributed by atoms with Gasteiger partial charge in [-0.3, -0.25) is 0 Å². The first kappa shape index (κ1) is 11.7. The van der Waals surface area contributed by atoms with Crippen molar-refractivity contribution in [1.29, 1.82) is 5.26 Å². The summed E-state index contributed by atoms with van der Waals surface area (Å²) in [5, 5.41) is 9.19. The molecule has 0 unspecified atom stereocenters. The number of nitriles is 1. The molecule has 4 heteroatoms. The molecular formula is C13H10F3N. The van der Waals surface area contributed by atoms with Crippen LogP contribution in [0.25, 0.3) is 0 Å². The maximum Gasteiger partial charge on any atom is 0.416 e. The molecule has 1 nitrogen and oxygen atoms in total. The summed E-state index contributed by atoms with van der Waals surface area (Å²) in [4.78, 5) is 0. The van der Waals surface area contributed by atoms with Gasteiger partial charge in [-0.25, -0.2) is 0 Å². The molecule has 17 heavy (non-hydrogen) atoms. The lowest BCUT2D eigenvalue weighted by Gasteiger charge is -2.21. The fourth-order valence-electron chi connectivity index (χ4n) is 2.04. The van der Waals surface area contributed by atoms with Crippen molar-refractivity contribution in [3.05, 3.63) is 47.5 Å². The Morgan fingerprint density at radius 2 is 1.82 bits per heavy atom. The molecule has 0 fully saturated rings. The smallest absolute Gasteiger partial charge is 0.197 e. The highest BCUT2D eigenvalue weighted by Gasteiger charge is 2.36. The van der Waals surface area contributed by atoms with E-state index in [0.29, 0.717) is 18.4 Å². The van der Waals surface area contributed by atoms with Crippen molar-refractivity contribution in [2.24, 2.45) is 0 Å². The van der Waals surface area contributed by atoms with Gasteiger partial charge in [0.15, 0.2) is 0 Å². The van der Waals surface area contributed by atoms with Crippen molar-refractivity contribution < 1.29 is 13.2 Å². The average Bonchev–Trinajstić information content (AvgIpc) is 2.78. The van der Waals surface area contributed by atoms with Gasteiger partial charge < -0.3 is 0 Å². The van der Waals surface area contributed by atoms with Crippen molar-refractivity contribution in [1.82, 2.24) is 0 Å². The van der Waals surface area contributed by atoms with Gasteiger partial charge in [-0.15, -0.1) is 0 Å². The second-order valence-electron chi connectivity index (χ2n) is 4.15. The number of halogens is 3. The van der Waals surface area contributed by atoms with E-state index in [-0.39, 0.29) is 0 Å². The van der Waals surface area contributed by atoms with Crippen LogP contribution in [-0.4, -0.2) is 0 Å². The standard InChI is InChI=1S/C13H10F3N/c14-13(15,16)11-5-3-4-10(8-11)12(9-17)6-1-2-7-12/h1-5,8H,6-7H2. The number of benzene rings is 1. The summed E-state index contributed by atoms with van der Waals surface area (Å²) in [6, 6.07) is 7.19. The number of hydrogen-bond donors (Lipinski definition) is 0. The Morgan fingerprint density at radius 3 is 2.35 bits per heavy atom. The van der Waals surface area contributed by atoms with E-state index in [4.69, 9.17) is 0 Å². The normalized spacial score (nSPS) is 18.0. The minimum Gasteiger partial charge on any atom is -0.197 e. The molecule has 0 spiro atoms. The SMILES string of the molecule is N#CC1(c2cccc(C(F)(F)F)c2)CC=CC1. The molecule has 88 valence electrons. The predicted octanol–water partition coefficient (Wildman–Crippen LogP) is 3.82. The topological polar surface area (TPSA) is 23.8 Å². The van der Waals surface area contributed by atoms with Crippen molar-refractivity contribution in [2.45, 2.75) is 24.4 Å². The first-order valence-corrected chi connectivity index (χ1v) is 5.22. The first-order valence-electron chi connectivity index (χ1n) is 5.22. The van der Waals surface area contributed by atoms with Crippen molar-refractivity contribution >= 4 is 0 Å². The zero-order valence-electron chi connectivity index (χ0n) is 8.96. The van der Waals surface area contributed by atoms with Gasteiger partial charge >= 0.3 is 6.18 Å². The molecule has 1 aliphatic rings. The van der Waals surface area contributed by atoms with E-state index < -0.39 is 17.2 Å². The van der Waals surface area contributed by atoms with Gasteiger partial charge in [0.25, 0.3) is 0 Å². The summed E-state index contributed by atoms with van der Waals surface area (Å²) in [7, 11) is 0. The van der Waals surface area contributed by atoms with Gasteiger partial charge in [-0.1, -0.05) is 30.4 Å². The number of nitrogens with zero attached hydrogens (tertiary/aromatic N) is 1. The number of allylic oxidation sites excluding steroid dienone is 2. The molecule has 0 heterocycles. The van der Waals surface area contributed by atoms with Crippen LogP contribution >= 0.6 is 0 Å². The number of alkyl halides is 3. The van der Waals surface area contributed by atoms with Gasteiger partial charge in [-0.05, 0) is 24.5 Å². The molecule has 1 aliphatic carbocycles. The molecule has 0 aromatic heterocycles. The molecule has 2 rings (SSSR count). The Labute approximate surface area is 97.2 Å². The Bertz CT molecular complexity index is 486. The second kappa shape index (κ2) is 3.92. The van der Waals surface area contributed by atoms with Crippen molar-refractivity contribution in [3.63, 3.8) is 0 Å². The summed E-state index contributed by atoms with van der Waals surface area (Å²) >= 11 is 0. The van der Waals surface area contributed by atoms with E-state index in [1.807, 2.05) is 12.2 Å². The molecule has 0 saturated carbocycles. The highest BCUT2D eigenvalue weighted by atomic mass is 19.4. The third-order valence-corrected chi connectivity index (χ3v) is 3.06. The van der Waals surface area contributed by atoms with E-state index in [0.717, 1.165) is 12.1 Å². The van der Waals surface area contributed by atoms with E-state index in [1.165, 1.54) is 6.07 Å². The highest BCUT2D eigenvalue weighted by molar-refractivity contribution is 5.39. The minimum atomic E-state index is -4.36. The molecule has 0 atom stereocenters. The molecule has 0 aliphatic heterocycles. The van der Waals surface area contributed by atoms with Crippen LogP contribution in [0.5, 0.6) is 0 Å². The molecule has 0 N–H and O–H groups in total. The maximum atomic E-state index is 12.6. The van der Waals surface area contributed by atoms with E-state index in [2.05, 4.69) is 6.07 Å². The quantitative estimate of drug-likeness (QED) is 0.681. The molecule has 1 aromatic rings. The van der Waals surface area contributed by atoms with Gasteiger partial charge in [0.1, 0.15) is 0 Å². The van der Waals surface area contributed by atoms with Crippen LogP contribution in [0.1, 0.15) is 24.0 Å². The molecular weight excluding hydrogens is 227 g/mol. The Balaban J connectivity index is 2.44. The summed E-state index contributed by atoms with van der Waals surface area (Å²) in [6.07, 6.45) is 0.265. The summed E-state index contributed by atoms with van der Waals surface area (Å²) in [5.74, 6) is 0. The maximum absolute atomic E-state index is 12.6. The van der Waals surface area contributed by atoms with Gasteiger partial charge in [-0.2, -0.15) is 18.4 Å². The van der Waals surface area contributed by atoms with E-state index in [9.17, 15) is 18.4 Å². The molecule has 0 bridgehead atoms.